The number of amides is 1. The van der Waals surface area contributed by atoms with Crippen LogP contribution in [0.2, 0.25) is 0 Å². The Hall–Kier alpha value is -2.40. The highest BCUT2D eigenvalue weighted by Gasteiger charge is 2.12. The lowest BCUT2D eigenvalue weighted by Gasteiger charge is -2.03. The molecule has 3 rings (SSSR count). The van der Waals surface area contributed by atoms with Gasteiger partial charge >= 0.3 is 0 Å². The van der Waals surface area contributed by atoms with E-state index in [0.29, 0.717) is 5.13 Å². The van der Waals surface area contributed by atoms with Gasteiger partial charge in [0.1, 0.15) is 0 Å². The van der Waals surface area contributed by atoms with Gasteiger partial charge in [-0.05, 0) is 37.6 Å². The Morgan fingerprint density at radius 2 is 2.14 bits per heavy atom. The van der Waals surface area contributed by atoms with Gasteiger partial charge in [0, 0.05) is 10.9 Å². The summed E-state index contributed by atoms with van der Waals surface area (Å²) in [4.78, 5) is 16.4. The van der Waals surface area contributed by atoms with Gasteiger partial charge in [0.05, 0.1) is 12.0 Å². The van der Waals surface area contributed by atoms with Crippen molar-refractivity contribution in [3.05, 3.63) is 58.9 Å². The summed E-state index contributed by atoms with van der Waals surface area (Å²) in [5, 5.41) is 5.25. The predicted octanol–water partition coefficient (Wildman–Crippen LogP) is 4.27. The van der Waals surface area contributed by atoms with Crippen LogP contribution in [0.4, 0.5) is 5.13 Å². The maximum absolute atomic E-state index is 11.9. The van der Waals surface area contributed by atoms with Crippen LogP contribution in [0.5, 0.6) is 0 Å². The van der Waals surface area contributed by atoms with Gasteiger partial charge in [-0.2, -0.15) is 0 Å². The summed E-state index contributed by atoms with van der Waals surface area (Å²) in [5.41, 5.74) is 4.31. The summed E-state index contributed by atoms with van der Waals surface area (Å²) in [7, 11) is 0. The Morgan fingerprint density at radius 1 is 1.29 bits per heavy atom. The molecule has 1 aromatic carbocycles. The Kier molecular flexibility index (Phi) is 3.58. The van der Waals surface area contributed by atoms with Crippen molar-refractivity contribution < 1.29 is 9.21 Å². The van der Waals surface area contributed by atoms with Crippen molar-refractivity contribution in [2.45, 2.75) is 13.8 Å². The molecule has 0 aliphatic carbocycles. The lowest BCUT2D eigenvalue weighted by Crippen LogP contribution is -2.10. The van der Waals surface area contributed by atoms with Crippen molar-refractivity contribution in [1.29, 1.82) is 0 Å². The number of benzene rings is 1. The molecule has 0 saturated heterocycles. The smallest absolute Gasteiger partial charge is 0.293 e. The number of carbonyl (C=O) groups excluding carboxylic acids is 1. The summed E-state index contributed by atoms with van der Waals surface area (Å²) < 4.78 is 5.06. The number of rotatable bonds is 3. The van der Waals surface area contributed by atoms with Crippen LogP contribution in [0.3, 0.4) is 0 Å². The minimum atomic E-state index is -0.290. The number of nitrogens with zero attached hydrogens (tertiary/aromatic N) is 1. The van der Waals surface area contributed by atoms with Crippen LogP contribution in [0.1, 0.15) is 21.7 Å². The molecule has 0 bridgehead atoms. The van der Waals surface area contributed by atoms with Gasteiger partial charge in [-0.25, -0.2) is 4.98 Å². The molecule has 2 heterocycles. The molecule has 0 unspecified atom stereocenters. The minimum absolute atomic E-state index is 0.276. The molecule has 0 atom stereocenters. The average molecular weight is 298 g/mol. The Labute approximate surface area is 126 Å². The molecular weight excluding hydrogens is 284 g/mol. The molecule has 0 spiro atoms. The number of aromatic nitrogens is 1. The second kappa shape index (κ2) is 5.54. The molecule has 2 aromatic heterocycles. The number of anilines is 1. The highest BCUT2D eigenvalue weighted by molar-refractivity contribution is 7.14. The van der Waals surface area contributed by atoms with Crippen LogP contribution >= 0.6 is 11.3 Å². The fourth-order valence-corrected chi connectivity index (χ4v) is 2.74. The van der Waals surface area contributed by atoms with Crippen molar-refractivity contribution in [3.8, 4) is 11.3 Å². The molecule has 0 fully saturated rings. The van der Waals surface area contributed by atoms with Crippen LogP contribution in [-0.2, 0) is 0 Å². The molecule has 1 N–H and O–H groups in total. The number of thiazole rings is 1. The first-order valence-corrected chi connectivity index (χ1v) is 7.39. The second-order valence-corrected chi connectivity index (χ2v) is 5.65. The fraction of sp³-hybridized carbons (Fsp3) is 0.125. The number of furan rings is 1. The first-order valence-electron chi connectivity index (χ1n) is 6.51. The van der Waals surface area contributed by atoms with E-state index >= 15 is 0 Å². The molecule has 0 aliphatic heterocycles. The van der Waals surface area contributed by atoms with Gasteiger partial charge in [0.2, 0.25) is 0 Å². The van der Waals surface area contributed by atoms with E-state index in [1.807, 2.05) is 5.38 Å². The van der Waals surface area contributed by atoms with Gasteiger partial charge in [0.15, 0.2) is 10.9 Å². The molecule has 5 heteroatoms. The highest BCUT2D eigenvalue weighted by atomic mass is 32.1. The first-order chi connectivity index (χ1) is 10.1. The number of nitrogens with one attached hydrogen (secondary N) is 1. The normalized spacial score (nSPS) is 10.6. The monoisotopic (exact) mass is 298 g/mol. The van der Waals surface area contributed by atoms with E-state index in [2.05, 4.69) is 42.3 Å². The number of hydrogen-bond acceptors (Lipinski definition) is 4. The third-order valence-corrected chi connectivity index (χ3v) is 3.90. The first kappa shape index (κ1) is 13.6. The number of hydrogen-bond donors (Lipinski definition) is 1. The quantitative estimate of drug-likeness (QED) is 0.785. The lowest BCUT2D eigenvalue weighted by atomic mass is 10.0. The maximum atomic E-state index is 11.9. The van der Waals surface area contributed by atoms with Crippen LogP contribution in [0.15, 0.2) is 46.4 Å². The van der Waals surface area contributed by atoms with Crippen molar-refractivity contribution in [3.63, 3.8) is 0 Å². The van der Waals surface area contributed by atoms with E-state index in [4.69, 9.17) is 4.42 Å². The molecule has 0 aliphatic rings. The number of carbonyl (C=O) groups is 1. The van der Waals surface area contributed by atoms with Crippen molar-refractivity contribution in [1.82, 2.24) is 4.98 Å². The average Bonchev–Trinajstić information content (AvgIpc) is 3.12. The topological polar surface area (TPSA) is 55.1 Å². The third kappa shape index (κ3) is 2.87. The molecule has 21 heavy (non-hydrogen) atoms. The lowest BCUT2D eigenvalue weighted by molar-refractivity contribution is 0.0996. The van der Waals surface area contributed by atoms with Gasteiger partial charge < -0.3 is 4.42 Å². The van der Waals surface area contributed by atoms with E-state index in [0.717, 1.165) is 16.8 Å². The zero-order valence-corrected chi connectivity index (χ0v) is 12.5. The van der Waals surface area contributed by atoms with Crippen LogP contribution in [-0.4, -0.2) is 10.9 Å². The second-order valence-electron chi connectivity index (χ2n) is 4.79. The minimum Gasteiger partial charge on any atom is -0.459 e. The van der Waals surface area contributed by atoms with Crippen LogP contribution in [0, 0.1) is 13.8 Å². The zero-order chi connectivity index (χ0) is 14.8. The molecular formula is C16H14N2O2S. The third-order valence-electron chi connectivity index (χ3n) is 3.14. The Bertz CT molecular complexity index is 775. The van der Waals surface area contributed by atoms with Crippen molar-refractivity contribution in [2.24, 2.45) is 0 Å². The summed E-state index contributed by atoms with van der Waals surface area (Å²) >= 11 is 1.40. The molecule has 0 saturated carbocycles. The maximum Gasteiger partial charge on any atom is 0.293 e. The van der Waals surface area contributed by atoms with Crippen molar-refractivity contribution in [2.75, 3.05) is 5.32 Å². The Balaban J connectivity index is 1.83. The summed E-state index contributed by atoms with van der Waals surface area (Å²) in [5.74, 6) is -0.0136. The highest BCUT2D eigenvalue weighted by Crippen LogP contribution is 2.28. The number of aryl methyl sites for hydroxylation is 2. The molecule has 106 valence electrons. The van der Waals surface area contributed by atoms with Crippen molar-refractivity contribution >= 4 is 22.4 Å². The zero-order valence-electron chi connectivity index (χ0n) is 11.7. The van der Waals surface area contributed by atoms with E-state index in [1.54, 1.807) is 12.1 Å². The Morgan fingerprint density at radius 3 is 2.90 bits per heavy atom. The molecule has 3 aromatic rings. The standard InChI is InChI=1S/C16H14N2O2S/c1-10-5-6-11(2)12(8-10)13-9-21-16(17-13)18-15(19)14-4-3-7-20-14/h3-9H,1-2H3,(H,17,18,19). The summed E-state index contributed by atoms with van der Waals surface area (Å²) in [6, 6.07) is 9.55. The van der Waals surface area contributed by atoms with Gasteiger partial charge in [-0.1, -0.05) is 17.7 Å². The van der Waals surface area contributed by atoms with Crippen LogP contribution in [0.25, 0.3) is 11.3 Å². The van der Waals surface area contributed by atoms with Crippen LogP contribution < -0.4 is 5.32 Å². The van der Waals surface area contributed by atoms with E-state index in [9.17, 15) is 4.79 Å². The summed E-state index contributed by atoms with van der Waals surface area (Å²) in [6.07, 6.45) is 1.47. The molecule has 0 radical (unpaired) electrons. The van der Waals surface area contributed by atoms with E-state index in [-0.39, 0.29) is 11.7 Å². The summed E-state index contributed by atoms with van der Waals surface area (Å²) in [6.45, 7) is 4.10. The van der Waals surface area contributed by atoms with Gasteiger partial charge in [0.25, 0.3) is 5.91 Å². The fourth-order valence-electron chi connectivity index (χ4n) is 2.03. The van der Waals surface area contributed by atoms with E-state index < -0.39 is 0 Å². The molecule has 4 nitrogen and oxygen atoms in total. The van der Waals surface area contributed by atoms with E-state index in [1.165, 1.54) is 23.2 Å². The predicted molar refractivity (Wildman–Crippen MR) is 83.7 cm³/mol. The van der Waals surface area contributed by atoms with Gasteiger partial charge in [-0.15, -0.1) is 11.3 Å². The molecule has 1 amide bonds. The SMILES string of the molecule is Cc1ccc(C)c(-c2csc(NC(=O)c3ccco3)n2)c1. The van der Waals surface area contributed by atoms with Gasteiger partial charge in [-0.3, -0.25) is 10.1 Å². The largest absolute Gasteiger partial charge is 0.459 e.